The Morgan fingerprint density at radius 2 is 1.79 bits per heavy atom. The Morgan fingerprint density at radius 1 is 0.947 bits per heavy atom. The summed E-state index contributed by atoms with van der Waals surface area (Å²) in [5.74, 6) is 0. The first-order valence-corrected chi connectivity index (χ1v) is 6.10. The predicted octanol–water partition coefficient (Wildman–Crippen LogP) is 3.83. The van der Waals surface area contributed by atoms with E-state index in [1.54, 1.807) is 18.2 Å². The Kier molecular flexibility index (Phi) is 2.97. The summed E-state index contributed by atoms with van der Waals surface area (Å²) in [6, 6.07) is 19.0. The molecular formula is C16H13FN2. The van der Waals surface area contributed by atoms with E-state index >= 15 is 0 Å². The van der Waals surface area contributed by atoms with Gasteiger partial charge in [-0.25, -0.2) is 9.37 Å². The highest BCUT2D eigenvalue weighted by Gasteiger charge is 2.06. The third kappa shape index (κ3) is 2.33. The molecule has 0 saturated carbocycles. The number of hydrogen-bond donors (Lipinski definition) is 1. The fourth-order valence-electron chi connectivity index (χ4n) is 2.10. The molecule has 2 N–H and O–H groups in total. The van der Waals surface area contributed by atoms with Crippen molar-refractivity contribution in [2.75, 3.05) is 0 Å². The lowest BCUT2D eigenvalue weighted by molar-refractivity contribution is 0.356. The van der Waals surface area contributed by atoms with Gasteiger partial charge in [-0.15, -0.1) is 0 Å². The van der Waals surface area contributed by atoms with Gasteiger partial charge in [0, 0.05) is 16.5 Å². The van der Waals surface area contributed by atoms with Gasteiger partial charge in [0.25, 0.3) is 0 Å². The van der Waals surface area contributed by atoms with Crippen LogP contribution in [0.25, 0.3) is 22.2 Å². The monoisotopic (exact) mass is 252 g/mol. The summed E-state index contributed by atoms with van der Waals surface area (Å²) in [5, 5.41) is 1.09. The van der Waals surface area contributed by atoms with Crippen LogP contribution in [0, 0.1) is 0 Å². The quantitative estimate of drug-likeness (QED) is 0.704. The van der Waals surface area contributed by atoms with Gasteiger partial charge < -0.3 is 0 Å². The first kappa shape index (κ1) is 11.8. The molecule has 3 rings (SSSR count). The van der Waals surface area contributed by atoms with E-state index in [4.69, 9.17) is 5.73 Å². The molecule has 2 nitrogen and oxygen atoms in total. The summed E-state index contributed by atoms with van der Waals surface area (Å²) in [5.41, 5.74) is 8.35. The van der Waals surface area contributed by atoms with Gasteiger partial charge in [0.1, 0.15) is 0 Å². The average Bonchev–Trinajstić information content (AvgIpc) is 2.47. The molecular weight excluding hydrogens is 239 g/mol. The molecule has 0 amide bonds. The van der Waals surface area contributed by atoms with Crippen molar-refractivity contribution < 1.29 is 4.39 Å². The molecule has 2 aromatic carbocycles. The van der Waals surface area contributed by atoms with Gasteiger partial charge in [0.2, 0.25) is 0 Å². The van der Waals surface area contributed by atoms with Crippen molar-refractivity contribution in [2.45, 2.75) is 6.30 Å². The maximum absolute atomic E-state index is 13.1. The number of aromatic nitrogens is 1. The zero-order chi connectivity index (χ0) is 13.2. The lowest BCUT2D eigenvalue weighted by atomic mass is 10.1. The molecule has 0 aliphatic rings. The molecule has 3 heteroatoms. The highest BCUT2D eigenvalue weighted by molar-refractivity contribution is 5.81. The Balaban J connectivity index is 2.11. The van der Waals surface area contributed by atoms with Crippen molar-refractivity contribution in [1.29, 1.82) is 0 Å². The van der Waals surface area contributed by atoms with Gasteiger partial charge in [-0.1, -0.05) is 42.5 Å². The molecule has 0 saturated heterocycles. The highest BCUT2D eigenvalue weighted by atomic mass is 19.1. The molecule has 94 valence electrons. The van der Waals surface area contributed by atoms with Gasteiger partial charge in [-0.2, -0.15) is 0 Å². The van der Waals surface area contributed by atoms with Crippen molar-refractivity contribution in [3.8, 4) is 11.3 Å². The van der Waals surface area contributed by atoms with E-state index in [0.717, 1.165) is 22.2 Å². The second-order valence-electron chi connectivity index (χ2n) is 4.42. The summed E-state index contributed by atoms with van der Waals surface area (Å²) in [4.78, 5) is 4.58. The zero-order valence-electron chi connectivity index (χ0n) is 10.3. The van der Waals surface area contributed by atoms with Crippen molar-refractivity contribution >= 4 is 10.9 Å². The fraction of sp³-hybridized carbons (Fsp3) is 0.0625. The normalized spacial score (nSPS) is 12.5. The lowest BCUT2D eigenvalue weighted by Crippen LogP contribution is -2.03. The molecule has 0 aliphatic heterocycles. The maximum atomic E-state index is 13.1. The minimum Gasteiger partial charge on any atom is -0.298 e. The standard InChI is InChI=1S/C16H13FN2/c17-16(18)13-6-3-5-12(10-13)15-9-8-11-4-1-2-7-14(11)19-15/h1-10,16H,18H2. The lowest BCUT2D eigenvalue weighted by Gasteiger charge is -2.06. The van der Waals surface area contributed by atoms with Crippen LogP contribution >= 0.6 is 0 Å². The average molecular weight is 252 g/mol. The minimum atomic E-state index is -1.46. The van der Waals surface area contributed by atoms with Crippen LogP contribution in [0.3, 0.4) is 0 Å². The first-order valence-electron chi connectivity index (χ1n) is 6.10. The molecule has 0 aliphatic carbocycles. The molecule has 0 radical (unpaired) electrons. The second-order valence-corrected chi connectivity index (χ2v) is 4.42. The number of nitrogens with two attached hydrogens (primary N) is 1. The molecule has 0 bridgehead atoms. The fourth-order valence-corrected chi connectivity index (χ4v) is 2.10. The van der Waals surface area contributed by atoms with E-state index in [-0.39, 0.29) is 0 Å². The predicted molar refractivity (Wildman–Crippen MR) is 75.2 cm³/mol. The number of rotatable bonds is 2. The van der Waals surface area contributed by atoms with Crippen molar-refractivity contribution in [2.24, 2.45) is 5.73 Å². The third-order valence-electron chi connectivity index (χ3n) is 3.10. The molecule has 1 unspecified atom stereocenters. The first-order chi connectivity index (χ1) is 9.24. The van der Waals surface area contributed by atoms with E-state index in [1.165, 1.54) is 0 Å². The van der Waals surface area contributed by atoms with Crippen LogP contribution in [0.5, 0.6) is 0 Å². The molecule has 1 heterocycles. The van der Waals surface area contributed by atoms with Crippen LogP contribution < -0.4 is 5.73 Å². The van der Waals surface area contributed by atoms with E-state index in [9.17, 15) is 4.39 Å². The largest absolute Gasteiger partial charge is 0.298 e. The van der Waals surface area contributed by atoms with E-state index in [2.05, 4.69) is 4.98 Å². The minimum absolute atomic E-state index is 0.465. The van der Waals surface area contributed by atoms with Crippen LogP contribution in [-0.4, -0.2) is 4.98 Å². The zero-order valence-corrected chi connectivity index (χ0v) is 10.3. The van der Waals surface area contributed by atoms with Crippen LogP contribution in [0.4, 0.5) is 4.39 Å². The number of alkyl halides is 1. The van der Waals surface area contributed by atoms with Crippen LogP contribution in [0.1, 0.15) is 11.9 Å². The summed E-state index contributed by atoms with van der Waals surface area (Å²) in [6.45, 7) is 0. The summed E-state index contributed by atoms with van der Waals surface area (Å²) >= 11 is 0. The van der Waals surface area contributed by atoms with E-state index in [0.29, 0.717) is 5.56 Å². The number of nitrogens with zero attached hydrogens (tertiary/aromatic N) is 1. The van der Waals surface area contributed by atoms with Crippen molar-refractivity contribution in [1.82, 2.24) is 4.98 Å². The van der Waals surface area contributed by atoms with Gasteiger partial charge in [-0.05, 0) is 18.2 Å². The Bertz CT molecular complexity index is 723. The smallest absolute Gasteiger partial charge is 0.174 e. The number of fused-ring (bicyclic) bond motifs is 1. The maximum Gasteiger partial charge on any atom is 0.174 e. The topological polar surface area (TPSA) is 38.9 Å². The van der Waals surface area contributed by atoms with E-state index < -0.39 is 6.30 Å². The van der Waals surface area contributed by atoms with Crippen molar-refractivity contribution in [3.05, 3.63) is 66.2 Å². The highest BCUT2D eigenvalue weighted by Crippen LogP contribution is 2.23. The van der Waals surface area contributed by atoms with Crippen LogP contribution in [-0.2, 0) is 0 Å². The Hall–Kier alpha value is -2.26. The van der Waals surface area contributed by atoms with Gasteiger partial charge in [0.05, 0.1) is 11.2 Å². The third-order valence-corrected chi connectivity index (χ3v) is 3.10. The summed E-state index contributed by atoms with van der Waals surface area (Å²) < 4.78 is 13.1. The number of benzene rings is 2. The Morgan fingerprint density at radius 3 is 2.63 bits per heavy atom. The number of pyridine rings is 1. The number of halogens is 1. The SMILES string of the molecule is NC(F)c1cccc(-c2ccc3ccccc3n2)c1. The molecule has 0 spiro atoms. The van der Waals surface area contributed by atoms with E-state index in [1.807, 2.05) is 42.5 Å². The van der Waals surface area contributed by atoms with Crippen molar-refractivity contribution in [3.63, 3.8) is 0 Å². The number of hydrogen-bond acceptors (Lipinski definition) is 2. The van der Waals surface area contributed by atoms with Gasteiger partial charge in [-0.3, -0.25) is 5.73 Å². The second kappa shape index (κ2) is 4.78. The molecule has 1 atom stereocenters. The van der Waals surface area contributed by atoms with Crippen LogP contribution in [0.15, 0.2) is 60.7 Å². The summed E-state index contributed by atoms with van der Waals surface area (Å²) in [6.07, 6.45) is -1.46. The molecule has 19 heavy (non-hydrogen) atoms. The molecule has 0 fully saturated rings. The molecule has 3 aromatic rings. The number of para-hydroxylation sites is 1. The van der Waals surface area contributed by atoms with Gasteiger partial charge in [0.15, 0.2) is 6.30 Å². The molecule has 1 aromatic heterocycles. The van der Waals surface area contributed by atoms with Crippen LogP contribution in [0.2, 0.25) is 0 Å². The Labute approximate surface area is 110 Å². The summed E-state index contributed by atoms with van der Waals surface area (Å²) in [7, 11) is 0. The van der Waals surface area contributed by atoms with Gasteiger partial charge >= 0.3 is 0 Å².